The van der Waals surface area contributed by atoms with Gasteiger partial charge in [0.15, 0.2) is 0 Å². The lowest BCUT2D eigenvalue weighted by molar-refractivity contribution is 0.470. The maximum absolute atomic E-state index is 4.40. The Hall–Kier alpha value is -0.870. The molecular formula is C13H24N4. The average molecular weight is 236 g/mol. The van der Waals surface area contributed by atoms with E-state index in [1.165, 1.54) is 36.2 Å². The van der Waals surface area contributed by atoms with Crippen molar-refractivity contribution < 1.29 is 0 Å². The lowest BCUT2D eigenvalue weighted by atomic mass is 10.2. The van der Waals surface area contributed by atoms with Crippen LogP contribution in [0.3, 0.4) is 0 Å². The lowest BCUT2D eigenvalue weighted by Gasteiger charge is -2.16. The molecule has 4 nitrogen and oxygen atoms in total. The van der Waals surface area contributed by atoms with Crippen LogP contribution in [0.4, 0.5) is 0 Å². The first-order chi connectivity index (χ1) is 8.16. The smallest absolute Gasteiger partial charge is 0.0794 e. The second kappa shape index (κ2) is 5.65. The van der Waals surface area contributed by atoms with Gasteiger partial charge in [-0.15, -0.1) is 0 Å². The van der Waals surface area contributed by atoms with E-state index in [1.807, 2.05) is 0 Å². The van der Waals surface area contributed by atoms with Gasteiger partial charge in [0.25, 0.3) is 0 Å². The van der Waals surface area contributed by atoms with Crippen LogP contribution in [0.2, 0.25) is 0 Å². The molecule has 17 heavy (non-hydrogen) atoms. The number of hydrogen-bond acceptors (Lipinski definition) is 3. The van der Waals surface area contributed by atoms with Gasteiger partial charge >= 0.3 is 0 Å². The number of fused-ring (bicyclic) bond motifs is 1. The first-order valence-electron chi connectivity index (χ1n) is 6.68. The predicted octanol–water partition coefficient (Wildman–Crippen LogP) is 1.37. The SMILES string of the molecule is CC(C)NCC(C)NCc1n[nH]c2c1CCC2. The van der Waals surface area contributed by atoms with Crippen LogP contribution in [0, 0.1) is 0 Å². The maximum Gasteiger partial charge on any atom is 0.0794 e. The molecule has 3 N–H and O–H groups in total. The van der Waals surface area contributed by atoms with Gasteiger partial charge in [-0.3, -0.25) is 5.10 Å². The Balaban J connectivity index is 1.77. The van der Waals surface area contributed by atoms with Crippen LogP contribution >= 0.6 is 0 Å². The molecule has 1 atom stereocenters. The van der Waals surface area contributed by atoms with Gasteiger partial charge in [0.1, 0.15) is 0 Å². The van der Waals surface area contributed by atoms with Gasteiger partial charge in [-0.1, -0.05) is 13.8 Å². The molecule has 1 aliphatic rings. The Labute approximate surface area is 104 Å². The van der Waals surface area contributed by atoms with Crippen molar-refractivity contribution in [3.8, 4) is 0 Å². The minimum absolute atomic E-state index is 0.478. The number of H-pyrrole nitrogens is 1. The summed E-state index contributed by atoms with van der Waals surface area (Å²) in [6.45, 7) is 8.44. The third-order valence-corrected chi connectivity index (χ3v) is 3.34. The summed E-state index contributed by atoms with van der Waals surface area (Å²) in [4.78, 5) is 0. The molecule has 4 heteroatoms. The molecule has 0 fully saturated rings. The third-order valence-electron chi connectivity index (χ3n) is 3.34. The van der Waals surface area contributed by atoms with Crippen molar-refractivity contribution in [3.05, 3.63) is 17.0 Å². The van der Waals surface area contributed by atoms with Crippen molar-refractivity contribution in [2.45, 2.75) is 58.7 Å². The van der Waals surface area contributed by atoms with Crippen LogP contribution in [-0.2, 0) is 19.4 Å². The van der Waals surface area contributed by atoms with Crippen molar-refractivity contribution in [1.82, 2.24) is 20.8 Å². The molecule has 1 unspecified atom stereocenters. The summed E-state index contributed by atoms with van der Waals surface area (Å²) in [5.41, 5.74) is 4.03. The number of rotatable bonds is 6. The molecule has 0 radical (unpaired) electrons. The monoisotopic (exact) mass is 236 g/mol. The summed E-state index contributed by atoms with van der Waals surface area (Å²) in [5, 5.41) is 14.5. The summed E-state index contributed by atoms with van der Waals surface area (Å²) in [6.07, 6.45) is 3.65. The van der Waals surface area contributed by atoms with E-state index in [9.17, 15) is 0 Å². The summed E-state index contributed by atoms with van der Waals surface area (Å²) >= 11 is 0. The van der Waals surface area contributed by atoms with E-state index in [0.717, 1.165) is 13.1 Å². The fourth-order valence-corrected chi connectivity index (χ4v) is 2.29. The van der Waals surface area contributed by atoms with Crippen molar-refractivity contribution in [3.63, 3.8) is 0 Å². The molecule has 96 valence electrons. The number of aromatic amines is 1. The van der Waals surface area contributed by atoms with Crippen molar-refractivity contribution in [2.24, 2.45) is 0 Å². The van der Waals surface area contributed by atoms with Gasteiger partial charge in [0.05, 0.1) is 5.69 Å². The van der Waals surface area contributed by atoms with Crippen LogP contribution in [0.25, 0.3) is 0 Å². The molecule has 0 saturated heterocycles. The summed E-state index contributed by atoms with van der Waals surface area (Å²) < 4.78 is 0. The predicted molar refractivity (Wildman–Crippen MR) is 70.1 cm³/mol. The van der Waals surface area contributed by atoms with Crippen LogP contribution in [-0.4, -0.2) is 28.8 Å². The van der Waals surface area contributed by atoms with E-state index in [1.54, 1.807) is 0 Å². The van der Waals surface area contributed by atoms with Crippen molar-refractivity contribution in [1.29, 1.82) is 0 Å². The molecule has 1 heterocycles. The minimum atomic E-state index is 0.478. The molecule has 0 saturated carbocycles. The van der Waals surface area contributed by atoms with Gasteiger partial charge < -0.3 is 10.6 Å². The number of nitrogens with one attached hydrogen (secondary N) is 3. The number of aromatic nitrogens is 2. The van der Waals surface area contributed by atoms with E-state index in [0.29, 0.717) is 12.1 Å². The molecule has 0 spiro atoms. The highest BCUT2D eigenvalue weighted by molar-refractivity contribution is 5.29. The molecule has 1 aromatic heterocycles. The standard InChI is InChI=1S/C13H24N4/c1-9(2)14-7-10(3)15-8-13-11-5-4-6-12(11)16-17-13/h9-10,14-15H,4-8H2,1-3H3,(H,16,17). The first kappa shape index (κ1) is 12.6. The Morgan fingerprint density at radius 2 is 2.06 bits per heavy atom. The molecule has 0 bridgehead atoms. The van der Waals surface area contributed by atoms with E-state index in [4.69, 9.17) is 0 Å². The van der Waals surface area contributed by atoms with Gasteiger partial charge in [-0.25, -0.2) is 0 Å². The lowest BCUT2D eigenvalue weighted by Crippen LogP contribution is -2.38. The summed E-state index contributed by atoms with van der Waals surface area (Å²) in [6, 6.07) is 1.03. The fourth-order valence-electron chi connectivity index (χ4n) is 2.29. The molecule has 0 aromatic carbocycles. The first-order valence-corrected chi connectivity index (χ1v) is 6.68. The quantitative estimate of drug-likeness (QED) is 0.699. The fraction of sp³-hybridized carbons (Fsp3) is 0.769. The summed E-state index contributed by atoms with van der Waals surface area (Å²) in [7, 11) is 0. The van der Waals surface area contributed by atoms with E-state index in [2.05, 4.69) is 41.6 Å². The second-order valence-corrected chi connectivity index (χ2v) is 5.33. The van der Waals surface area contributed by atoms with E-state index in [-0.39, 0.29) is 0 Å². The zero-order chi connectivity index (χ0) is 12.3. The Kier molecular flexibility index (Phi) is 4.18. The zero-order valence-corrected chi connectivity index (χ0v) is 11.1. The normalized spacial score (nSPS) is 16.5. The van der Waals surface area contributed by atoms with Crippen LogP contribution in [0.15, 0.2) is 0 Å². The molecule has 0 aliphatic heterocycles. The third kappa shape index (κ3) is 3.30. The Bertz CT molecular complexity index is 356. The summed E-state index contributed by atoms with van der Waals surface area (Å²) in [5.74, 6) is 0. The van der Waals surface area contributed by atoms with Crippen LogP contribution in [0.5, 0.6) is 0 Å². The Morgan fingerprint density at radius 3 is 2.82 bits per heavy atom. The van der Waals surface area contributed by atoms with Crippen molar-refractivity contribution in [2.75, 3.05) is 6.54 Å². The highest BCUT2D eigenvalue weighted by Crippen LogP contribution is 2.22. The molecular weight excluding hydrogens is 212 g/mol. The van der Waals surface area contributed by atoms with Gasteiger partial charge in [-0.2, -0.15) is 5.10 Å². The maximum atomic E-state index is 4.40. The van der Waals surface area contributed by atoms with E-state index < -0.39 is 0 Å². The molecule has 1 aromatic rings. The van der Waals surface area contributed by atoms with Gasteiger partial charge in [0.2, 0.25) is 0 Å². The Morgan fingerprint density at radius 1 is 1.24 bits per heavy atom. The second-order valence-electron chi connectivity index (χ2n) is 5.33. The van der Waals surface area contributed by atoms with Gasteiger partial charge in [0, 0.05) is 30.9 Å². The van der Waals surface area contributed by atoms with Gasteiger partial charge in [-0.05, 0) is 31.7 Å². The average Bonchev–Trinajstić information content (AvgIpc) is 2.86. The molecule has 1 aliphatic carbocycles. The topological polar surface area (TPSA) is 52.7 Å². The van der Waals surface area contributed by atoms with Crippen LogP contribution < -0.4 is 10.6 Å². The highest BCUT2D eigenvalue weighted by atomic mass is 15.1. The van der Waals surface area contributed by atoms with Crippen LogP contribution in [0.1, 0.15) is 44.1 Å². The van der Waals surface area contributed by atoms with Crippen molar-refractivity contribution >= 4 is 0 Å². The largest absolute Gasteiger partial charge is 0.313 e. The minimum Gasteiger partial charge on any atom is -0.313 e. The highest BCUT2D eigenvalue weighted by Gasteiger charge is 2.18. The molecule has 2 rings (SSSR count). The number of hydrogen-bond donors (Lipinski definition) is 3. The number of nitrogens with zero attached hydrogens (tertiary/aromatic N) is 1. The molecule has 0 amide bonds. The number of aryl methyl sites for hydroxylation is 1. The zero-order valence-electron chi connectivity index (χ0n) is 11.1. The van der Waals surface area contributed by atoms with E-state index >= 15 is 0 Å².